The van der Waals surface area contributed by atoms with Crippen LogP contribution in [-0.4, -0.2) is 26.3 Å². The van der Waals surface area contributed by atoms with Gasteiger partial charge in [-0.15, -0.1) is 0 Å². The monoisotopic (exact) mass is 211 g/mol. The summed E-state index contributed by atoms with van der Waals surface area (Å²) in [5, 5.41) is 3.71. The minimum absolute atomic E-state index is 0.605. The van der Waals surface area contributed by atoms with Gasteiger partial charge in [-0.1, -0.05) is 12.8 Å². The lowest BCUT2D eigenvalue weighted by Crippen LogP contribution is -2.32. The van der Waals surface area contributed by atoms with Crippen molar-refractivity contribution in [1.29, 1.82) is 0 Å². The first-order chi connectivity index (χ1) is 7.24. The number of ether oxygens (including phenoxy) is 1. The summed E-state index contributed by atoms with van der Waals surface area (Å²) in [6.07, 6.45) is 8.38. The molecule has 2 fully saturated rings. The minimum atomic E-state index is 0.605. The first kappa shape index (κ1) is 11.4. The zero-order valence-electron chi connectivity index (χ0n) is 10.2. The van der Waals surface area contributed by atoms with Crippen LogP contribution in [0.3, 0.4) is 0 Å². The fraction of sp³-hybridized carbons (Fsp3) is 1.00. The highest BCUT2D eigenvalue weighted by molar-refractivity contribution is 4.95. The Morgan fingerprint density at radius 1 is 1.40 bits per heavy atom. The highest BCUT2D eigenvalue weighted by atomic mass is 16.5. The molecule has 2 aliphatic rings. The van der Waals surface area contributed by atoms with Crippen LogP contribution in [0.15, 0.2) is 0 Å². The summed E-state index contributed by atoms with van der Waals surface area (Å²) in [4.78, 5) is 0. The Kier molecular flexibility index (Phi) is 3.68. The third-order valence-corrected chi connectivity index (χ3v) is 4.00. The van der Waals surface area contributed by atoms with Crippen molar-refractivity contribution >= 4 is 0 Å². The van der Waals surface area contributed by atoms with Crippen LogP contribution in [0, 0.1) is 11.3 Å². The topological polar surface area (TPSA) is 21.3 Å². The Balaban J connectivity index is 1.59. The zero-order valence-corrected chi connectivity index (χ0v) is 10.2. The van der Waals surface area contributed by atoms with E-state index in [1.165, 1.54) is 45.1 Å². The van der Waals surface area contributed by atoms with Crippen LogP contribution in [0.5, 0.6) is 0 Å². The van der Waals surface area contributed by atoms with Crippen molar-refractivity contribution in [1.82, 2.24) is 5.32 Å². The normalized spacial score (nSPS) is 25.2. The summed E-state index contributed by atoms with van der Waals surface area (Å²) < 4.78 is 5.17. The Morgan fingerprint density at radius 3 is 2.67 bits per heavy atom. The zero-order chi connectivity index (χ0) is 10.7. The summed E-state index contributed by atoms with van der Waals surface area (Å²) in [5.74, 6) is 1.04. The molecule has 0 heterocycles. The molecule has 2 rings (SSSR count). The van der Waals surface area contributed by atoms with Gasteiger partial charge in [0.25, 0.3) is 0 Å². The van der Waals surface area contributed by atoms with Gasteiger partial charge in [-0.3, -0.25) is 0 Å². The second-order valence-corrected chi connectivity index (χ2v) is 5.70. The van der Waals surface area contributed by atoms with Crippen LogP contribution in [0.2, 0.25) is 0 Å². The Bertz CT molecular complexity index is 197. The van der Waals surface area contributed by atoms with E-state index >= 15 is 0 Å². The second kappa shape index (κ2) is 4.84. The van der Waals surface area contributed by atoms with Crippen molar-refractivity contribution in [2.45, 2.75) is 51.5 Å². The van der Waals surface area contributed by atoms with Crippen molar-refractivity contribution in [2.75, 3.05) is 20.3 Å². The lowest BCUT2D eigenvalue weighted by atomic mass is 10.0. The number of nitrogens with one attached hydrogen (secondary N) is 1. The third-order valence-electron chi connectivity index (χ3n) is 4.00. The lowest BCUT2D eigenvalue weighted by Gasteiger charge is -2.19. The van der Waals surface area contributed by atoms with Gasteiger partial charge in [-0.2, -0.15) is 0 Å². The smallest absolute Gasteiger partial charge is 0.0468 e. The molecule has 2 aliphatic carbocycles. The molecule has 1 atom stereocenters. The van der Waals surface area contributed by atoms with Gasteiger partial charge >= 0.3 is 0 Å². The maximum Gasteiger partial charge on any atom is 0.0468 e. The molecule has 0 aromatic heterocycles. The van der Waals surface area contributed by atoms with Crippen LogP contribution >= 0.6 is 0 Å². The van der Waals surface area contributed by atoms with E-state index in [-0.39, 0.29) is 0 Å². The highest BCUT2D eigenvalue weighted by Gasteiger charge is 2.41. The minimum Gasteiger partial charge on any atom is -0.385 e. The molecular weight excluding hydrogens is 186 g/mol. The predicted molar refractivity (Wildman–Crippen MR) is 63.0 cm³/mol. The Morgan fingerprint density at radius 2 is 2.13 bits per heavy atom. The van der Waals surface area contributed by atoms with Gasteiger partial charge in [0.05, 0.1) is 0 Å². The van der Waals surface area contributed by atoms with Gasteiger partial charge in [-0.05, 0) is 43.9 Å². The predicted octanol–water partition coefficient (Wildman–Crippen LogP) is 2.58. The van der Waals surface area contributed by atoms with E-state index in [0.717, 1.165) is 18.6 Å². The molecular formula is C13H25NO. The molecule has 2 heteroatoms. The largest absolute Gasteiger partial charge is 0.385 e. The van der Waals surface area contributed by atoms with Crippen molar-refractivity contribution in [3.05, 3.63) is 0 Å². The maximum absolute atomic E-state index is 5.17. The molecule has 1 unspecified atom stereocenters. The first-order valence-electron chi connectivity index (χ1n) is 6.46. The SMILES string of the molecule is COCCC1(CNC(C)CC2CC2)CC1. The first-order valence-corrected chi connectivity index (χ1v) is 6.46. The van der Waals surface area contributed by atoms with E-state index in [2.05, 4.69) is 12.2 Å². The molecule has 0 aromatic rings. The molecule has 2 nitrogen and oxygen atoms in total. The van der Waals surface area contributed by atoms with Gasteiger partial charge in [-0.25, -0.2) is 0 Å². The molecule has 0 saturated heterocycles. The van der Waals surface area contributed by atoms with Crippen molar-refractivity contribution < 1.29 is 4.74 Å². The fourth-order valence-electron chi connectivity index (χ4n) is 2.34. The van der Waals surface area contributed by atoms with Crippen LogP contribution in [0.1, 0.15) is 45.4 Å². The average molecular weight is 211 g/mol. The van der Waals surface area contributed by atoms with Gasteiger partial charge in [0.2, 0.25) is 0 Å². The molecule has 1 N–H and O–H groups in total. The maximum atomic E-state index is 5.17. The summed E-state index contributed by atoms with van der Waals surface area (Å²) in [6.45, 7) is 4.48. The summed E-state index contributed by atoms with van der Waals surface area (Å²) in [5.41, 5.74) is 0.605. The Labute approximate surface area is 93.8 Å². The van der Waals surface area contributed by atoms with E-state index in [1.807, 2.05) is 0 Å². The summed E-state index contributed by atoms with van der Waals surface area (Å²) >= 11 is 0. The molecule has 0 aromatic carbocycles. The van der Waals surface area contributed by atoms with Crippen LogP contribution in [0.25, 0.3) is 0 Å². The van der Waals surface area contributed by atoms with Gasteiger partial charge in [0.1, 0.15) is 0 Å². The summed E-state index contributed by atoms with van der Waals surface area (Å²) in [6, 6.07) is 0.720. The summed E-state index contributed by atoms with van der Waals surface area (Å²) in [7, 11) is 1.80. The van der Waals surface area contributed by atoms with Crippen LogP contribution in [0.4, 0.5) is 0 Å². The van der Waals surface area contributed by atoms with Gasteiger partial charge in [0.15, 0.2) is 0 Å². The Hall–Kier alpha value is -0.0800. The molecule has 0 amide bonds. The average Bonchev–Trinajstić information content (AvgIpc) is 3.09. The molecule has 0 bridgehead atoms. The van der Waals surface area contributed by atoms with E-state index in [4.69, 9.17) is 4.74 Å². The number of hydrogen-bond acceptors (Lipinski definition) is 2. The van der Waals surface area contributed by atoms with Crippen LogP contribution in [-0.2, 0) is 4.74 Å². The van der Waals surface area contributed by atoms with Crippen LogP contribution < -0.4 is 5.32 Å². The third kappa shape index (κ3) is 3.76. The van der Waals surface area contributed by atoms with E-state index in [9.17, 15) is 0 Å². The van der Waals surface area contributed by atoms with Crippen molar-refractivity contribution in [3.8, 4) is 0 Å². The second-order valence-electron chi connectivity index (χ2n) is 5.70. The number of rotatable bonds is 8. The van der Waals surface area contributed by atoms with E-state index in [0.29, 0.717) is 5.41 Å². The standard InChI is InChI=1S/C13H25NO/c1-11(9-12-3-4-12)14-10-13(5-6-13)7-8-15-2/h11-12,14H,3-10H2,1-2H3. The van der Waals surface area contributed by atoms with Gasteiger partial charge in [0, 0.05) is 26.3 Å². The molecule has 0 spiro atoms. The molecule has 15 heavy (non-hydrogen) atoms. The number of methoxy groups -OCH3 is 1. The highest BCUT2D eigenvalue weighted by Crippen LogP contribution is 2.48. The van der Waals surface area contributed by atoms with Crippen molar-refractivity contribution in [2.24, 2.45) is 11.3 Å². The number of hydrogen-bond donors (Lipinski definition) is 1. The van der Waals surface area contributed by atoms with E-state index in [1.54, 1.807) is 7.11 Å². The fourth-order valence-corrected chi connectivity index (χ4v) is 2.34. The van der Waals surface area contributed by atoms with Crippen molar-refractivity contribution in [3.63, 3.8) is 0 Å². The van der Waals surface area contributed by atoms with Gasteiger partial charge < -0.3 is 10.1 Å². The molecule has 88 valence electrons. The molecule has 2 saturated carbocycles. The van der Waals surface area contributed by atoms with E-state index < -0.39 is 0 Å². The quantitative estimate of drug-likeness (QED) is 0.666. The molecule has 0 radical (unpaired) electrons. The molecule has 0 aliphatic heterocycles. The lowest BCUT2D eigenvalue weighted by molar-refractivity contribution is 0.170.